The van der Waals surface area contributed by atoms with Gasteiger partial charge in [-0.15, -0.1) is 0 Å². The second-order valence-electron chi connectivity index (χ2n) is 8.15. The summed E-state index contributed by atoms with van der Waals surface area (Å²) in [4.78, 5) is 0. The summed E-state index contributed by atoms with van der Waals surface area (Å²) in [5.41, 5.74) is 11.1. The average Bonchev–Trinajstić information content (AvgIpc) is 2.70. The fraction of sp³-hybridized carbons (Fsp3) is 0.520. The molecule has 0 radical (unpaired) electrons. The molecule has 1 aliphatic carbocycles. The summed E-state index contributed by atoms with van der Waals surface area (Å²) in [6.45, 7) is 4.61. The van der Waals surface area contributed by atoms with E-state index >= 15 is 0 Å². The van der Waals surface area contributed by atoms with Crippen LogP contribution in [0.15, 0.2) is 48.5 Å². The molecule has 1 heteroatoms. The molecule has 0 spiro atoms. The number of hydrogen-bond donors (Lipinski definition) is 1. The standard InChI is InChI=1S/C25H35N/c1-3-5-6-25(23-15-17-24(26)18-16-23)22-13-11-21(12-14-22)20-9-7-19(4-2)8-10-20/h11-20,25H,3-10,26H2,1-2H3. The maximum absolute atomic E-state index is 5.89. The number of unbranched alkanes of at least 4 members (excludes halogenated alkanes) is 1. The first-order chi connectivity index (χ1) is 12.7. The Bertz CT molecular complexity index is 648. The molecule has 0 amide bonds. The number of anilines is 1. The summed E-state index contributed by atoms with van der Waals surface area (Å²) < 4.78 is 0. The summed E-state index contributed by atoms with van der Waals surface area (Å²) >= 11 is 0. The third-order valence-electron chi connectivity index (χ3n) is 6.42. The van der Waals surface area contributed by atoms with Crippen LogP contribution in [-0.4, -0.2) is 0 Å². The number of benzene rings is 2. The lowest BCUT2D eigenvalue weighted by Gasteiger charge is -2.28. The van der Waals surface area contributed by atoms with E-state index in [0.717, 1.165) is 17.5 Å². The molecule has 1 unspecified atom stereocenters. The van der Waals surface area contributed by atoms with Crippen LogP contribution < -0.4 is 5.73 Å². The van der Waals surface area contributed by atoms with Crippen LogP contribution in [0.4, 0.5) is 5.69 Å². The molecular formula is C25H35N. The normalized spacial score (nSPS) is 21.5. The molecule has 2 N–H and O–H groups in total. The smallest absolute Gasteiger partial charge is 0.0314 e. The topological polar surface area (TPSA) is 26.0 Å². The molecule has 1 nitrogen and oxygen atoms in total. The molecule has 0 heterocycles. The molecule has 2 aromatic carbocycles. The van der Waals surface area contributed by atoms with E-state index in [2.05, 4.69) is 50.2 Å². The highest BCUT2D eigenvalue weighted by Crippen LogP contribution is 2.38. The summed E-state index contributed by atoms with van der Waals surface area (Å²) in [6.07, 6.45) is 10.6. The molecule has 0 aliphatic heterocycles. The maximum Gasteiger partial charge on any atom is 0.0314 e. The molecule has 1 aliphatic rings. The molecule has 0 bridgehead atoms. The summed E-state index contributed by atoms with van der Waals surface area (Å²) in [6, 6.07) is 18.1. The SMILES string of the molecule is CCCCC(c1ccc(N)cc1)c1ccc(C2CCC(CC)CC2)cc1. The summed E-state index contributed by atoms with van der Waals surface area (Å²) in [7, 11) is 0. The van der Waals surface area contributed by atoms with E-state index in [1.807, 2.05) is 12.1 Å². The lowest BCUT2D eigenvalue weighted by atomic mass is 9.77. The van der Waals surface area contributed by atoms with Gasteiger partial charge in [0.25, 0.3) is 0 Å². The van der Waals surface area contributed by atoms with Crippen LogP contribution in [0.1, 0.15) is 93.7 Å². The van der Waals surface area contributed by atoms with Crippen molar-refractivity contribution in [3.8, 4) is 0 Å². The van der Waals surface area contributed by atoms with Gasteiger partial charge in [0.1, 0.15) is 0 Å². The minimum atomic E-state index is 0.487. The number of hydrogen-bond acceptors (Lipinski definition) is 1. The lowest BCUT2D eigenvalue weighted by molar-refractivity contribution is 0.319. The van der Waals surface area contributed by atoms with Gasteiger partial charge in [0.05, 0.1) is 0 Å². The highest BCUT2D eigenvalue weighted by molar-refractivity contribution is 5.43. The zero-order chi connectivity index (χ0) is 18.4. The van der Waals surface area contributed by atoms with Crippen molar-refractivity contribution in [2.24, 2.45) is 5.92 Å². The van der Waals surface area contributed by atoms with Crippen molar-refractivity contribution in [3.63, 3.8) is 0 Å². The van der Waals surface area contributed by atoms with E-state index in [1.165, 1.54) is 62.5 Å². The van der Waals surface area contributed by atoms with Crippen molar-refractivity contribution >= 4 is 5.69 Å². The van der Waals surface area contributed by atoms with E-state index in [-0.39, 0.29) is 0 Å². The Morgan fingerprint density at radius 1 is 0.846 bits per heavy atom. The van der Waals surface area contributed by atoms with Crippen LogP contribution in [0.5, 0.6) is 0 Å². The third kappa shape index (κ3) is 4.69. The van der Waals surface area contributed by atoms with Crippen LogP contribution in [0.25, 0.3) is 0 Å². The monoisotopic (exact) mass is 349 g/mol. The minimum absolute atomic E-state index is 0.487. The quantitative estimate of drug-likeness (QED) is 0.522. The fourth-order valence-electron chi connectivity index (χ4n) is 4.57. The Morgan fingerprint density at radius 2 is 1.42 bits per heavy atom. The van der Waals surface area contributed by atoms with Crippen molar-refractivity contribution in [1.29, 1.82) is 0 Å². The highest BCUT2D eigenvalue weighted by atomic mass is 14.5. The molecule has 140 valence electrons. The fourth-order valence-corrected chi connectivity index (χ4v) is 4.57. The van der Waals surface area contributed by atoms with Crippen LogP contribution in [0.3, 0.4) is 0 Å². The third-order valence-corrected chi connectivity index (χ3v) is 6.42. The molecule has 26 heavy (non-hydrogen) atoms. The van der Waals surface area contributed by atoms with E-state index in [0.29, 0.717) is 5.92 Å². The van der Waals surface area contributed by atoms with Crippen molar-refractivity contribution in [2.75, 3.05) is 5.73 Å². The van der Waals surface area contributed by atoms with Crippen LogP contribution in [0.2, 0.25) is 0 Å². The zero-order valence-electron chi connectivity index (χ0n) is 16.6. The predicted molar refractivity (Wildman–Crippen MR) is 114 cm³/mol. The summed E-state index contributed by atoms with van der Waals surface area (Å²) in [5.74, 6) is 2.23. The molecule has 0 saturated heterocycles. The Labute approximate surface area is 160 Å². The van der Waals surface area contributed by atoms with Crippen molar-refractivity contribution in [1.82, 2.24) is 0 Å². The first kappa shape index (κ1) is 19.0. The first-order valence-corrected chi connectivity index (χ1v) is 10.7. The van der Waals surface area contributed by atoms with Crippen molar-refractivity contribution < 1.29 is 0 Å². The van der Waals surface area contributed by atoms with E-state index in [1.54, 1.807) is 5.56 Å². The van der Waals surface area contributed by atoms with E-state index in [9.17, 15) is 0 Å². The van der Waals surface area contributed by atoms with E-state index in [4.69, 9.17) is 5.73 Å². The summed E-state index contributed by atoms with van der Waals surface area (Å²) in [5, 5.41) is 0. The Balaban J connectivity index is 1.74. The van der Waals surface area contributed by atoms with Gasteiger partial charge in [-0.1, -0.05) is 69.5 Å². The number of nitrogen functional groups attached to an aromatic ring is 1. The molecule has 1 fully saturated rings. The molecule has 0 aromatic heterocycles. The second kappa shape index (κ2) is 9.26. The first-order valence-electron chi connectivity index (χ1n) is 10.7. The minimum Gasteiger partial charge on any atom is -0.399 e. The van der Waals surface area contributed by atoms with Gasteiger partial charge in [-0.25, -0.2) is 0 Å². The van der Waals surface area contributed by atoms with Gasteiger partial charge in [-0.3, -0.25) is 0 Å². The van der Waals surface area contributed by atoms with Crippen molar-refractivity contribution in [2.45, 2.75) is 77.0 Å². The molecule has 2 aromatic rings. The van der Waals surface area contributed by atoms with Gasteiger partial charge in [0.2, 0.25) is 0 Å². The number of rotatable bonds is 7. The van der Waals surface area contributed by atoms with Gasteiger partial charge in [0.15, 0.2) is 0 Å². The highest BCUT2D eigenvalue weighted by Gasteiger charge is 2.21. The Morgan fingerprint density at radius 3 is 1.96 bits per heavy atom. The van der Waals surface area contributed by atoms with Crippen LogP contribution >= 0.6 is 0 Å². The van der Waals surface area contributed by atoms with Crippen LogP contribution in [0, 0.1) is 5.92 Å². The Kier molecular flexibility index (Phi) is 6.77. The maximum atomic E-state index is 5.89. The molecule has 3 rings (SSSR count). The molecule has 1 atom stereocenters. The van der Waals surface area contributed by atoms with Crippen molar-refractivity contribution in [3.05, 3.63) is 65.2 Å². The largest absolute Gasteiger partial charge is 0.399 e. The zero-order valence-corrected chi connectivity index (χ0v) is 16.6. The predicted octanol–water partition coefficient (Wildman–Crippen LogP) is 7.27. The second-order valence-corrected chi connectivity index (χ2v) is 8.15. The van der Waals surface area contributed by atoms with Gasteiger partial charge in [0, 0.05) is 11.6 Å². The molecule has 1 saturated carbocycles. The average molecular weight is 350 g/mol. The van der Waals surface area contributed by atoms with Crippen LogP contribution in [-0.2, 0) is 0 Å². The van der Waals surface area contributed by atoms with Gasteiger partial charge < -0.3 is 5.73 Å². The van der Waals surface area contributed by atoms with Gasteiger partial charge in [-0.2, -0.15) is 0 Å². The Hall–Kier alpha value is -1.76. The van der Waals surface area contributed by atoms with Gasteiger partial charge >= 0.3 is 0 Å². The lowest BCUT2D eigenvalue weighted by Crippen LogP contribution is -2.12. The van der Waals surface area contributed by atoms with E-state index < -0.39 is 0 Å². The molecular weight excluding hydrogens is 314 g/mol. The number of nitrogens with two attached hydrogens (primary N) is 1. The van der Waals surface area contributed by atoms with Gasteiger partial charge in [-0.05, 0) is 72.8 Å².